The third kappa shape index (κ3) is 56.3. The number of esters is 3. The molecule has 0 aliphatic heterocycles. The van der Waals surface area contributed by atoms with Crippen LogP contribution in [0.5, 0.6) is 0 Å². The number of ether oxygens (including phenoxy) is 3. The van der Waals surface area contributed by atoms with Crippen molar-refractivity contribution >= 4 is 17.9 Å². The number of hydrogen-bond acceptors (Lipinski definition) is 6. The van der Waals surface area contributed by atoms with Gasteiger partial charge < -0.3 is 14.2 Å². The minimum atomic E-state index is -0.783. The average molecular weight is 982 g/mol. The van der Waals surface area contributed by atoms with Crippen LogP contribution in [-0.2, 0) is 28.6 Å². The van der Waals surface area contributed by atoms with Crippen molar-refractivity contribution in [2.45, 2.75) is 329 Å². The van der Waals surface area contributed by atoms with Crippen LogP contribution in [0.1, 0.15) is 323 Å². The Morgan fingerprint density at radius 1 is 0.286 bits per heavy atom. The van der Waals surface area contributed by atoms with E-state index in [1.165, 1.54) is 199 Å². The summed E-state index contributed by atoms with van der Waals surface area (Å²) in [6, 6.07) is 0. The van der Waals surface area contributed by atoms with Gasteiger partial charge in [-0.05, 0) is 70.6 Å². The first-order valence-electron chi connectivity index (χ1n) is 30.7. The van der Waals surface area contributed by atoms with E-state index in [1.807, 2.05) is 0 Å². The minimum absolute atomic E-state index is 0.0810. The van der Waals surface area contributed by atoms with E-state index in [1.54, 1.807) is 0 Å². The molecule has 0 aliphatic rings. The zero-order chi connectivity index (χ0) is 50.7. The summed E-state index contributed by atoms with van der Waals surface area (Å²) in [5.74, 6) is -0.890. The summed E-state index contributed by atoms with van der Waals surface area (Å²) in [5.41, 5.74) is 0. The van der Waals surface area contributed by atoms with Gasteiger partial charge in [-0.15, -0.1) is 0 Å². The molecule has 0 saturated heterocycles. The molecule has 1 atom stereocenters. The molecule has 1 unspecified atom stereocenters. The summed E-state index contributed by atoms with van der Waals surface area (Å²) in [6.07, 6.45) is 72.4. The van der Waals surface area contributed by atoms with E-state index in [0.717, 1.165) is 83.5 Å². The van der Waals surface area contributed by atoms with Crippen molar-refractivity contribution in [3.63, 3.8) is 0 Å². The molecule has 0 radical (unpaired) electrons. The van der Waals surface area contributed by atoms with Gasteiger partial charge in [0.1, 0.15) is 13.2 Å². The van der Waals surface area contributed by atoms with Crippen LogP contribution in [-0.4, -0.2) is 37.2 Å². The summed E-state index contributed by atoms with van der Waals surface area (Å²) in [7, 11) is 0. The average Bonchev–Trinajstić information content (AvgIpc) is 3.36. The maximum atomic E-state index is 12.9. The first-order valence-corrected chi connectivity index (χ1v) is 30.7. The fourth-order valence-corrected chi connectivity index (χ4v) is 8.97. The lowest BCUT2D eigenvalue weighted by atomic mass is 10.0. The SMILES string of the molecule is CCCCCCC\C=C/C=C\C=C/CCCCCCCC(=O)OCC(COC(=O)CCCCCCC/C=C\CCCCCCCCC)OC(=O)CCCCCCCCCCCCCCCCCCCC. The minimum Gasteiger partial charge on any atom is -0.462 e. The molecule has 408 valence electrons. The first kappa shape index (κ1) is 67.4. The molecule has 0 aromatic carbocycles. The van der Waals surface area contributed by atoms with Crippen LogP contribution in [0.15, 0.2) is 48.6 Å². The standard InChI is InChI=1S/C64H116O6/c1-4-7-10-13-16-19-22-25-28-31-33-36-39-42-45-48-51-54-57-63(66)69-60-61(59-68-62(65)56-53-50-47-44-41-38-35-30-27-24-21-18-15-12-9-6-3)70-64(67)58-55-52-49-46-43-40-37-34-32-29-26-23-20-17-14-11-8-5-2/h22,25,28,30-31,33,35-36,61H,4-21,23-24,26-27,29,32,34,37-60H2,1-3H3/b25-22-,31-28-,35-30-,36-33-. The molecule has 0 amide bonds. The second kappa shape index (κ2) is 58.9. The highest BCUT2D eigenvalue weighted by Crippen LogP contribution is 2.17. The number of carbonyl (C=O) groups is 3. The highest BCUT2D eigenvalue weighted by molar-refractivity contribution is 5.71. The summed E-state index contributed by atoms with van der Waals surface area (Å²) in [5, 5.41) is 0. The fraction of sp³-hybridized carbons (Fsp3) is 0.828. The lowest BCUT2D eigenvalue weighted by Gasteiger charge is -2.18. The van der Waals surface area contributed by atoms with Crippen LogP contribution < -0.4 is 0 Å². The second-order valence-corrected chi connectivity index (χ2v) is 20.7. The lowest BCUT2D eigenvalue weighted by molar-refractivity contribution is -0.167. The Kier molecular flexibility index (Phi) is 56.7. The van der Waals surface area contributed by atoms with Crippen LogP contribution in [0.2, 0.25) is 0 Å². The molecule has 0 spiro atoms. The molecular formula is C64H116O6. The van der Waals surface area contributed by atoms with Crippen LogP contribution in [0.4, 0.5) is 0 Å². The van der Waals surface area contributed by atoms with Crippen molar-refractivity contribution in [1.82, 2.24) is 0 Å². The van der Waals surface area contributed by atoms with Crippen LogP contribution in [0.3, 0.4) is 0 Å². The molecule has 0 N–H and O–H groups in total. The highest BCUT2D eigenvalue weighted by atomic mass is 16.6. The van der Waals surface area contributed by atoms with Gasteiger partial charge in [-0.2, -0.15) is 0 Å². The van der Waals surface area contributed by atoms with Gasteiger partial charge in [0.2, 0.25) is 0 Å². The summed E-state index contributed by atoms with van der Waals surface area (Å²) >= 11 is 0. The smallest absolute Gasteiger partial charge is 0.306 e. The van der Waals surface area contributed by atoms with E-state index >= 15 is 0 Å². The third-order valence-corrected chi connectivity index (χ3v) is 13.6. The topological polar surface area (TPSA) is 78.9 Å². The van der Waals surface area contributed by atoms with Crippen molar-refractivity contribution in [2.24, 2.45) is 0 Å². The van der Waals surface area contributed by atoms with E-state index in [-0.39, 0.29) is 31.1 Å². The van der Waals surface area contributed by atoms with Crippen molar-refractivity contribution in [2.75, 3.05) is 13.2 Å². The van der Waals surface area contributed by atoms with Gasteiger partial charge in [-0.1, -0.05) is 281 Å². The Morgan fingerprint density at radius 3 is 0.829 bits per heavy atom. The maximum absolute atomic E-state index is 12.9. The Labute approximate surface area is 435 Å². The predicted molar refractivity (Wildman–Crippen MR) is 302 cm³/mol. The van der Waals surface area contributed by atoms with E-state index in [9.17, 15) is 14.4 Å². The summed E-state index contributed by atoms with van der Waals surface area (Å²) < 4.78 is 16.9. The molecule has 6 heteroatoms. The Bertz CT molecular complexity index is 1220. The Balaban J connectivity index is 4.39. The van der Waals surface area contributed by atoms with Gasteiger partial charge in [0.15, 0.2) is 6.10 Å². The van der Waals surface area contributed by atoms with Crippen molar-refractivity contribution < 1.29 is 28.6 Å². The third-order valence-electron chi connectivity index (χ3n) is 13.6. The van der Waals surface area contributed by atoms with Gasteiger partial charge in [-0.3, -0.25) is 14.4 Å². The largest absolute Gasteiger partial charge is 0.462 e. The Hall–Kier alpha value is -2.63. The Morgan fingerprint density at radius 2 is 0.529 bits per heavy atom. The number of rotatable bonds is 56. The molecule has 6 nitrogen and oxygen atoms in total. The van der Waals surface area contributed by atoms with Gasteiger partial charge in [0.25, 0.3) is 0 Å². The second-order valence-electron chi connectivity index (χ2n) is 20.7. The fourth-order valence-electron chi connectivity index (χ4n) is 8.97. The van der Waals surface area contributed by atoms with Crippen molar-refractivity contribution in [3.05, 3.63) is 48.6 Å². The highest BCUT2D eigenvalue weighted by Gasteiger charge is 2.19. The number of allylic oxidation sites excluding steroid dienone is 8. The normalized spacial score (nSPS) is 12.3. The van der Waals surface area contributed by atoms with Crippen molar-refractivity contribution in [1.29, 1.82) is 0 Å². The molecule has 0 aromatic heterocycles. The molecule has 0 fully saturated rings. The van der Waals surface area contributed by atoms with E-state index < -0.39 is 6.10 Å². The molecular weight excluding hydrogens is 865 g/mol. The van der Waals surface area contributed by atoms with Gasteiger partial charge in [0, 0.05) is 19.3 Å². The summed E-state index contributed by atoms with van der Waals surface area (Å²) in [6.45, 7) is 6.64. The number of carbonyl (C=O) groups excluding carboxylic acids is 3. The van der Waals surface area contributed by atoms with Gasteiger partial charge >= 0.3 is 17.9 Å². The number of unbranched alkanes of at least 4 members (excludes halogenated alkanes) is 39. The molecule has 0 saturated carbocycles. The zero-order valence-electron chi connectivity index (χ0n) is 46.8. The predicted octanol–water partition coefficient (Wildman–Crippen LogP) is 20.6. The maximum Gasteiger partial charge on any atom is 0.306 e. The lowest BCUT2D eigenvalue weighted by Crippen LogP contribution is -2.30. The van der Waals surface area contributed by atoms with Crippen LogP contribution in [0.25, 0.3) is 0 Å². The van der Waals surface area contributed by atoms with E-state index in [4.69, 9.17) is 14.2 Å². The molecule has 70 heavy (non-hydrogen) atoms. The van der Waals surface area contributed by atoms with Gasteiger partial charge in [0.05, 0.1) is 0 Å². The monoisotopic (exact) mass is 981 g/mol. The zero-order valence-corrected chi connectivity index (χ0v) is 46.8. The van der Waals surface area contributed by atoms with Crippen molar-refractivity contribution in [3.8, 4) is 0 Å². The van der Waals surface area contributed by atoms with Gasteiger partial charge in [-0.25, -0.2) is 0 Å². The quantitative estimate of drug-likeness (QED) is 0.0199. The molecule has 0 aliphatic carbocycles. The summed E-state index contributed by atoms with van der Waals surface area (Å²) in [4.78, 5) is 38.2. The van der Waals surface area contributed by atoms with E-state index in [0.29, 0.717) is 19.3 Å². The van der Waals surface area contributed by atoms with Crippen LogP contribution >= 0.6 is 0 Å². The van der Waals surface area contributed by atoms with Crippen LogP contribution in [0, 0.1) is 0 Å². The van der Waals surface area contributed by atoms with E-state index in [2.05, 4.69) is 69.4 Å². The molecule has 0 bridgehead atoms. The molecule has 0 rings (SSSR count). The molecule has 0 aromatic rings. The number of hydrogen-bond donors (Lipinski definition) is 0. The first-order chi connectivity index (χ1) is 34.5. The molecule has 0 heterocycles.